The second-order valence-corrected chi connectivity index (χ2v) is 27.7. The van der Waals surface area contributed by atoms with Gasteiger partial charge in [-0.2, -0.15) is 0 Å². The van der Waals surface area contributed by atoms with E-state index in [9.17, 15) is 74.9 Å². The summed E-state index contributed by atoms with van der Waals surface area (Å²) in [6.45, 7) is 3.41. The fourth-order valence-corrected chi connectivity index (χ4v) is 13.0. The molecule has 24 nitrogen and oxygen atoms in total. The van der Waals surface area contributed by atoms with Crippen molar-refractivity contribution < 1.29 is 117 Å². The topological polar surface area (TPSA) is 374 Å². The minimum absolute atomic E-state index is 0.0275. The number of phosphoric ester groups is 1. The first-order valence-electron chi connectivity index (χ1n) is 36.5. The van der Waals surface area contributed by atoms with E-state index in [1.54, 1.807) is 0 Å². The Kier molecular flexibility index (Phi) is 47.3. The first kappa shape index (κ1) is 85.9. The highest BCUT2D eigenvalue weighted by molar-refractivity contribution is 7.47. The number of aliphatic hydroxyl groups excluding tert-OH is 10. The molecule has 0 amide bonds. The summed E-state index contributed by atoms with van der Waals surface area (Å²) >= 11 is 0. The molecule has 1 saturated carbocycles. The molecule has 2 saturated heterocycles. The smallest absolute Gasteiger partial charge is 0.463 e. The van der Waals surface area contributed by atoms with Crippen molar-refractivity contribution in [3.8, 4) is 0 Å². The van der Waals surface area contributed by atoms with E-state index in [1.165, 1.54) is 122 Å². The molecular weight excluding hydrogens is 1240 g/mol. The van der Waals surface area contributed by atoms with Crippen LogP contribution in [0.25, 0.3) is 0 Å². The van der Waals surface area contributed by atoms with Crippen LogP contribution in [0, 0.1) is 0 Å². The van der Waals surface area contributed by atoms with Gasteiger partial charge in [0.2, 0.25) is 0 Å². The molecule has 11 N–H and O–H groups in total. The number of carbonyl (C=O) groups is 3. The van der Waals surface area contributed by atoms with Gasteiger partial charge in [-0.3, -0.25) is 23.4 Å². The van der Waals surface area contributed by atoms with Crippen molar-refractivity contribution in [2.24, 2.45) is 0 Å². The minimum atomic E-state index is -5.69. The fraction of sp³-hybridized carbons (Fsp3) is 0.928. The van der Waals surface area contributed by atoms with Crippen LogP contribution in [0.1, 0.15) is 278 Å². The van der Waals surface area contributed by atoms with Gasteiger partial charge in [0.25, 0.3) is 0 Å². The molecule has 3 fully saturated rings. The van der Waals surface area contributed by atoms with Crippen LogP contribution in [0.3, 0.4) is 0 Å². The molecule has 2 heterocycles. The largest absolute Gasteiger partial charge is 0.472 e. The molecule has 552 valence electrons. The first-order valence-corrected chi connectivity index (χ1v) is 38.0. The van der Waals surface area contributed by atoms with Crippen LogP contribution < -0.4 is 0 Å². The molecular formula is C69H127O24P. The third-order valence-corrected chi connectivity index (χ3v) is 19.0. The lowest BCUT2D eigenvalue weighted by Gasteiger charge is -2.49. The summed E-state index contributed by atoms with van der Waals surface area (Å²) in [4.78, 5) is 50.8. The molecule has 94 heavy (non-hydrogen) atoms. The number of unbranched alkanes of at least 4 members (excludes halogenated alkanes) is 33. The van der Waals surface area contributed by atoms with Crippen LogP contribution in [-0.4, -0.2) is 204 Å². The number of carbonyl (C=O) groups excluding carboxylic acids is 3. The fourth-order valence-electron chi connectivity index (χ4n) is 12.0. The predicted octanol–water partition coefficient (Wildman–Crippen LogP) is 9.18. The molecule has 0 aromatic heterocycles. The second-order valence-electron chi connectivity index (χ2n) is 26.3. The lowest BCUT2D eigenvalue weighted by atomic mass is 9.84. The maximum atomic E-state index is 14.3. The van der Waals surface area contributed by atoms with Crippen molar-refractivity contribution in [2.45, 2.75) is 382 Å². The Balaban J connectivity index is 1.75. The Hall–Kier alpha value is -2.30. The summed E-state index contributed by atoms with van der Waals surface area (Å²) in [5, 5.41) is 110. The SMILES string of the molecule is CCCCCCCC/C=C\CCCCCC(=O)OCC(COP(=O)(O)OC1C(OC2OC(CO)C(O)C(O)C2O)C(O)C(O)C(O)C1OC1OC(COC(=O)CCCCCCCCCCCCCCCC)C(O)C(O)C1O)OC(=O)CCCCCCCCCCCCCC. The molecule has 18 unspecified atom stereocenters. The third kappa shape index (κ3) is 35.1. The zero-order valence-corrected chi connectivity index (χ0v) is 58.2. The van der Waals surface area contributed by atoms with Gasteiger partial charge in [0.05, 0.1) is 13.2 Å². The summed E-state index contributed by atoms with van der Waals surface area (Å²) < 4.78 is 64.9. The molecule has 3 aliphatic rings. The number of hydrogen-bond acceptors (Lipinski definition) is 23. The van der Waals surface area contributed by atoms with Crippen LogP contribution in [-0.2, 0) is 61.2 Å². The van der Waals surface area contributed by atoms with Crippen molar-refractivity contribution in [3.05, 3.63) is 12.2 Å². The van der Waals surface area contributed by atoms with Crippen LogP contribution in [0.15, 0.2) is 12.2 Å². The van der Waals surface area contributed by atoms with Crippen LogP contribution in [0.4, 0.5) is 0 Å². The summed E-state index contributed by atoms with van der Waals surface area (Å²) in [5.74, 6) is -2.00. The maximum Gasteiger partial charge on any atom is 0.472 e. The Labute approximate surface area is 561 Å². The molecule has 0 bridgehead atoms. The standard InChI is InChI=1S/C69H127O24P/c1-4-7-10-13-16-19-22-25-27-30-32-35-38-41-44-54(72)86-49-52-57(75)59(77)64(82)69(90-52)92-66-62(80)60(78)61(79)65(91-68-63(81)58(76)56(74)51(46-70)89-68)67(66)93-94(83,84)87-48-50(88-55(73)45-42-39-36-33-28-24-21-18-15-12-9-6-3)47-85-53(71)43-40-37-34-31-29-26-23-20-17-14-11-8-5-2/h26,29,50-52,56-70,74-82H,4-25,27-28,30-49H2,1-3H3,(H,83,84)/b29-26-. The molecule has 0 spiro atoms. The number of hydrogen-bond donors (Lipinski definition) is 11. The van der Waals surface area contributed by atoms with E-state index in [4.69, 9.17) is 42.2 Å². The van der Waals surface area contributed by atoms with Gasteiger partial charge >= 0.3 is 25.7 Å². The zero-order chi connectivity index (χ0) is 68.9. The highest BCUT2D eigenvalue weighted by Crippen LogP contribution is 2.49. The van der Waals surface area contributed by atoms with E-state index in [0.29, 0.717) is 19.3 Å². The van der Waals surface area contributed by atoms with Crippen molar-refractivity contribution in [3.63, 3.8) is 0 Å². The van der Waals surface area contributed by atoms with Gasteiger partial charge in [-0.05, 0) is 44.9 Å². The van der Waals surface area contributed by atoms with Gasteiger partial charge in [-0.25, -0.2) is 4.57 Å². The maximum absolute atomic E-state index is 14.3. The van der Waals surface area contributed by atoms with E-state index in [2.05, 4.69) is 32.9 Å². The average molecular weight is 1370 g/mol. The summed E-state index contributed by atoms with van der Waals surface area (Å²) in [6, 6.07) is 0. The third-order valence-electron chi connectivity index (χ3n) is 18.0. The summed E-state index contributed by atoms with van der Waals surface area (Å²) in [5.41, 5.74) is 0. The van der Waals surface area contributed by atoms with Crippen LogP contribution in [0.2, 0.25) is 0 Å². The van der Waals surface area contributed by atoms with Gasteiger partial charge in [0.1, 0.15) is 98.7 Å². The van der Waals surface area contributed by atoms with Crippen molar-refractivity contribution in [1.29, 1.82) is 0 Å². The highest BCUT2D eigenvalue weighted by Gasteiger charge is 2.58. The van der Waals surface area contributed by atoms with E-state index < -0.39 is 156 Å². The second kappa shape index (κ2) is 51.8. The summed E-state index contributed by atoms with van der Waals surface area (Å²) in [7, 11) is -5.69. The predicted molar refractivity (Wildman–Crippen MR) is 352 cm³/mol. The zero-order valence-electron chi connectivity index (χ0n) is 57.3. The molecule has 25 heteroatoms. The van der Waals surface area contributed by atoms with E-state index in [0.717, 1.165) is 96.3 Å². The van der Waals surface area contributed by atoms with Crippen LogP contribution >= 0.6 is 7.82 Å². The molecule has 2 aliphatic heterocycles. The molecule has 3 rings (SSSR count). The molecule has 0 aromatic rings. The number of esters is 3. The molecule has 1 aliphatic carbocycles. The van der Waals surface area contributed by atoms with E-state index in [-0.39, 0.29) is 19.3 Å². The summed E-state index contributed by atoms with van der Waals surface area (Å²) in [6.07, 6.45) is 8.72. The van der Waals surface area contributed by atoms with Crippen molar-refractivity contribution in [1.82, 2.24) is 0 Å². The van der Waals surface area contributed by atoms with Gasteiger partial charge in [-0.1, -0.05) is 226 Å². The molecule has 0 aromatic carbocycles. The Morgan fingerprint density at radius 3 is 1.16 bits per heavy atom. The lowest BCUT2D eigenvalue weighted by molar-refractivity contribution is -0.360. The monoisotopic (exact) mass is 1370 g/mol. The van der Waals surface area contributed by atoms with Gasteiger partial charge in [0.15, 0.2) is 18.7 Å². The quantitative estimate of drug-likeness (QED) is 0.00888. The van der Waals surface area contributed by atoms with E-state index >= 15 is 0 Å². The molecule has 18 atom stereocenters. The highest BCUT2D eigenvalue weighted by atomic mass is 31.2. The Morgan fingerprint density at radius 2 is 0.745 bits per heavy atom. The molecule has 0 radical (unpaired) electrons. The number of phosphoric acid groups is 1. The van der Waals surface area contributed by atoms with Gasteiger partial charge in [-0.15, -0.1) is 0 Å². The number of allylic oxidation sites excluding steroid dienone is 2. The average Bonchev–Trinajstić information content (AvgIpc) is 0.764. The Bertz CT molecular complexity index is 2010. The van der Waals surface area contributed by atoms with Crippen LogP contribution in [0.5, 0.6) is 0 Å². The van der Waals surface area contributed by atoms with E-state index in [1.807, 2.05) is 0 Å². The number of rotatable bonds is 56. The normalized spacial score (nSPS) is 28.3. The first-order chi connectivity index (χ1) is 45.3. The van der Waals surface area contributed by atoms with Gasteiger partial charge in [0, 0.05) is 19.3 Å². The Morgan fingerprint density at radius 1 is 0.404 bits per heavy atom. The van der Waals surface area contributed by atoms with Crippen molar-refractivity contribution >= 4 is 25.7 Å². The number of ether oxygens (including phenoxy) is 7. The number of aliphatic hydroxyl groups is 10. The van der Waals surface area contributed by atoms with Crippen molar-refractivity contribution in [2.75, 3.05) is 26.4 Å². The lowest BCUT2D eigenvalue weighted by Crippen LogP contribution is -2.69. The van der Waals surface area contributed by atoms with Gasteiger partial charge < -0.3 is 89.1 Å². The minimum Gasteiger partial charge on any atom is -0.463 e.